The smallest absolute Gasteiger partial charge is 0.223 e. The molecular weight excluding hydrogens is 250 g/mol. The lowest BCUT2D eigenvalue weighted by Crippen LogP contribution is -2.17. The number of hydrogen-bond donors (Lipinski definition) is 3. The van der Waals surface area contributed by atoms with Crippen LogP contribution in [-0.4, -0.2) is 23.1 Å². The molecule has 1 aliphatic rings. The molecule has 1 aliphatic carbocycles. The van der Waals surface area contributed by atoms with E-state index in [1.54, 1.807) is 0 Å². The highest BCUT2D eigenvalue weighted by Crippen LogP contribution is 2.30. The number of rotatable bonds is 6. The fraction of sp³-hybridized carbons (Fsp3) is 0.733. The van der Waals surface area contributed by atoms with Gasteiger partial charge in [0.15, 0.2) is 0 Å². The molecule has 0 amide bonds. The zero-order chi connectivity index (χ0) is 14.4. The predicted molar refractivity (Wildman–Crippen MR) is 84.8 cm³/mol. The van der Waals surface area contributed by atoms with Gasteiger partial charge in [-0.3, -0.25) is 0 Å². The first-order valence-electron chi connectivity index (χ1n) is 7.79. The van der Waals surface area contributed by atoms with Crippen LogP contribution in [0, 0.1) is 11.8 Å². The Labute approximate surface area is 121 Å². The fourth-order valence-corrected chi connectivity index (χ4v) is 3.05. The van der Waals surface area contributed by atoms with Gasteiger partial charge in [-0.1, -0.05) is 26.2 Å². The Bertz CT molecular complexity index is 421. The Morgan fingerprint density at radius 2 is 2.00 bits per heavy atom. The standard InChI is InChI=1S/C15H27N5/c1-3-17-13-10-14(20-15(16)19-13)18-8-7-12-6-4-5-11(2)9-12/h10-12H,3-9H2,1-2H3,(H4,16,17,18,19,20). The first kappa shape index (κ1) is 14.9. The maximum Gasteiger partial charge on any atom is 0.223 e. The summed E-state index contributed by atoms with van der Waals surface area (Å²) < 4.78 is 0. The summed E-state index contributed by atoms with van der Waals surface area (Å²) in [5.41, 5.74) is 5.72. The van der Waals surface area contributed by atoms with Crippen molar-refractivity contribution >= 4 is 17.6 Å². The van der Waals surface area contributed by atoms with Gasteiger partial charge in [0.05, 0.1) is 0 Å². The summed E-state index contributed by atoms with van der Waals surface area (Å²) in [5, 5.41) is 6.54. The Morgan fingerprint density at radius 3 is 2.70 bits per heavy atom. The SMILES string of the molecule is CCNc1cc(NCCC2CCCC(C)C2)nc(N)n1. The van der Waals surface area contributed by atoms with Crippen molar-refractivity contribution in [1.29, 1.82) is 0 Å². The highest BCUT2D eigenvalue weighted by molar-refractivity contribution is 5.50. The molecule has 2 rings (SSSR count). The second-order valence-electron chi connectivity index (χ2n) is 5.88. The molecule has 0 radical (unpaired) electrons. The van der Waals surface area contributed by atoms with Gasteiger partial charge >= 0.3 is 0 Å². The summed E-state index contributed by atoms with van der Waals surface area (Å²) in [6.45, 7) is 6.19. The summed E-state index contributed by atoms with van der Waals surface area (Å²) in [7, 11) is 0. The second kappa shape index (κ2) is 7.31. The van der Waals surface area contributed by atoms with Crippen LogP contribution in [0.25, 0.3) is 0 Å². The summed E-state index contributed by atoms with van der Waals surface area (Å²) in [4.78, 5) is 8.38. The minimum Gasteiger partial charge on any atom is -0.370 e. The van der Waals surface area contributed by atoms with Gasteiger partial charge in [0, 0.05) is 19.2 Å². The van der Waals surface area contributed by atoms with Crippen molar-refractivity contribution in [3.05, 3.63) is 6.07 Å². The van der Waals surface area contributed by atoms with Crippen molar-refractivity contribution in [2.45, 2.75) is 46.0 Å². The predicted octanol–water partition coefficient (Wildman–Crippen LogP) is 3.12. The quantitative estimate of drug-likeness (QED) is 0.745. The number of aromatic nitrogens is 2. The molecule has 1 aromatic heterocycles. The van der Waals surface area contributed by atoms with E-state index in [-0.39, 0.29) is 0 Å². The van der Waals surface area contributed by atoms with E-state index in [1.807, 2.05) is 13.0 Å². The molecule has 4 N–H and O–H groups in total. The average molecular weight is 277 g/mol. The van der Waals surface area contributed by atoms with E-state index in [4.69, 9.17) is 5.73 Å². The molecule has 20 heavy (non-hydrogen) atoms. The molecule has 2 atom stereocenters. The van der Waals surface area contributed by atoms with Gasteiger partial charge < -0.3 is 16.4 Å². The number of nitrogens with two attached hydrogens (primary N) is 1. The maximum atomic E-state index is 5.72. The lowest BCUT2D eigenvalue weighted by Gasteiger charge is -2.26. The maximum absolute atomic E-state index is 5.72. The Balaban J connectivity index is 1.81. The first-order valence-corrected chi connectivity index (χ1v) is 7.79. The highest BCUT2D eigenvalue weighted by atomic mass is 15.1. The van der Waals surface area contributed by atoms with Gasteiger partial charge in [-0.05, 0) is 31.6 Å². The van der Waals surface area contributed by atoms with Crippen LogP contribution >= 0.6 is 0 Å². The van der Waals surface area contributed by atoms with Crippen LogP contribution in [-0.2, 0) is 0 Å². The molecule has 0 spiro atoms. The summed E-state index contributed by atoms with van der Waals surface area (Å²) >= 11 is 0. The largest absolute Gasteiger partial charge is 0.370 e. The topological polar surface area (TPSA) is 75.9 Å². The van der Waals surface area contributed by atoms with E-state index in [9.17, 15) is 0 Å². The van der Waals surface area contributed by atoms with Crippen molar-refractivity contribution in [2.75, 3.05) is 29.5 Å². The molecule has 1 saturated carbocycles. The van der Waals surface area contributed by atoms with Crippen molar-refractivity contribution in [3.63, 3.8) is 0 Å². The minimum absolute atomic E-state index is 0.317. The summed E-state index contributed by atoms with van der Waals surface area (Å²) in [5.74, 6) is 3.67. The van der Waals surface area contributed by atoms with Gasteiger partial charge in [-0.25, -0.2) is 0 Å². The third-order valence-corrected chi connectivity index (χ3v) is 4.01. The van der Waals surface area contributed by atoms with Crippen LogP contribution < -0.4 is 16.4 Å². The van der Waals surface area contributed by atoms with Crippen LogP contribution in [0.1, 0.15) is 46.0 Å². The van der Waals surface area contributed by atoms with Crippen molar-refractivity contribution < 1.29 is 0 Å². The normalized spacial score (nSPS) is 22.5. The second-order valence-corrected chi connectivity index (χ2v) is 5.88. The average Bonchev–Trinajstić information content (AvgIpc) is 2.38. The molecule has 1 heterocycles. The Hall–Kier alpha value is -1.52. The molecule has 5 nitrogen and oxygen atoms in total. The van der Waals surface area contributed by atoms with Crippen LogP contribution in [0.15, 0.2) is 6.07 Å². The minimum atomic E-state index is 0.317. The molecule has 5 heteroatoms. The van der Waals surface area contributed by atoms with E-state index >= 15 is 0 Å². The van der Waals surface area contributed by atoms with Gasteiger partial charge in [0.1, 0.15) is 11.6 Å². The molecule has 1 fully saturated rings. The fourth-order valence-electron chi connectivity index (χ4n) is 3.05. The molecule has 0 aromatic carbocycles. The summed E-state index contributed by atoms with van der Waals surface area (Å²) in [6, 6.07) is 1.92. The molecule has 0 saturated heterocycles. The van der Waals surface area contributed by atoms with Gasteiger partial charge in [0.2, 0.25) is 5.95 Å². The van der Waals surface area contributed by atoms with Gasteiger partial charge in [-0.2, -0.15) is 9.97 Å². The molecule has 112 valence electrons. The molecular formula is C15H27N5. The molecule has 0 bridgehead atoms. The van der Waals surface area contributed by atoms with Crippen LogP contribution in [0.5, 0.6) is 0 Å². The van der Waals surface area contributed by atoms with E-state index in [0.29, 0.717) is 5.95 Å². The monoisotopic (exact) mass is 277 g/mol. The molecule has 1 aromatic rings. The van der Waals surface area contributed by atoms with Gasteiger partial charge in [-0.15, -0.1) is 0 Å². The molecule has 0 aliphatic heterocycles. The third-order valence-electron chi connectivity index (χ3n) is 4.01. The van der Waals surface area contributed by atoms with E-state index in [2.05, 4.69) is 27.5 Å². The highest BCUT2D eigenvalue weighted by Gasteiger charge is 2.18. The summed E-state index contributed by atoms with van der Waals surface area (Å²) in [6.07, 6.45) is 6.75. The number of nitrogens with zero attached hydrogens (tertiary/aromatic N) is 2. The number of nitrogens with one attached hydrogen (secondary N) is 2. The zero-order valence-corrected chi connectivity index (χ0v) is 12.7. The van der Waals surface area contributed by atoms with Gasteiger partial charge in [0.25, 0.3) is 0 Å². The zero-order valence-electron chi connectivity index (χ0n) is 12.7. The lowest BCUT2D eigenvalue weighted by molar-refractivity contribution is 0.274. The van der Waals surface area contributed by atoms with E-state index in [1.165, 1.54) is 32.1 Å². The third kappa shape index (κ3) is 4.54. The number of nitrogen functional groups attached to an aromatic ring is 1. The number of hydrogen-bond acceptors (Lipinski definition) is 5. The first-order chi connectivity index (χ1) is 9.67. The Morgan fingerprint density at radius 1 is 1.25 bits per heavy atom. The van der Waals surface area contributed by atoms with Crippen molar-refractivity contribution in [3.8, 4) is 0 Å². The van der Waals surface area contributed by atoms with Crippen LogP contribution in [0.2, 0.25) is 0 Å². The molecule has 2 unspecified atom stereocenters. The van der Waals surface area contributed by atoms with Crippen LogP contribution in [0.4, 0.5) is 17.6 Å². The number of anilines is 3. The van der Waals surface area contributed by atoms with E-state index < -0.39 is 0 Å². The van der Waals surface area contributed by atoms with Crippen LogP contribution in [0.3, 0.4) is 0 Å². The lowest BCUT2D eigenvalue weighted by atomic mass is 9.81. The van der Waals surface area contributed by atoms with Crippen molar-refractivity contribution in [2.24, 2.45) is 11.8 Å². The van der Waals surface area contributed by atoms with E-state index in [0.717, 1.165) is 36.6 Å². The van der Waals surface area contributed by atoms with Crippen molar-refractivity contribution in [1.82, 2.24) is 9.97 Å². The Kier molecular flexibility index (Phi) is 5.44.